The topological polar surface area (TPSA) is 154 Å². The van der Waals surface area contributed by atoms with Crippen LogP contribution in [0.25, 0.3) is 22.6 Å². The van der Waals surface area contributed by atoms with E-state index in [2.05, 4.69) is 25.5 Å². The standard InChI is InChI=1S/C24H36FN9O2.C2HF3O2/c1-7-32(8-2)23(35)29-19-15-26-30-21(19)22-27-17-13-16(25)20(14-18(17)28-22)34(12-11-31(5)6)24(36)33(9-3)10-4;3-2(4,5)1(6)7/h13-15H,7-12H2,1-6H3,(H,26,30)(H,27,28)(H,29,35);(H,6,7). The number of hydrogen-bond donors (Lipinski definition) is 4. The average Bonchev–Trinajstić information content (AvgIpc) is 3.56. The molecule has 0 unspecified atom stereocenters. The molecule has 238 valence electrons. The number of alkyl halides is 3. The fourth-order valence-electron chi connectivity index (χ4n) is 3.89. The number of aromatic nitrogens is 4. The molecule has 3 rings (SSSR count). The number of hydrogen-bond acceptors (Lipinski definition) is 6. The van der Waals surface area contributed by atoms with E-state index in [1.807, 2.05) is 46.7 Å². The number of nitrogens with zero attached hydrogens (tertiary/aromatic N) is 6. The van der Waals surface area contributed by atoms with Crippen LogP contribution in [0.15, 0.2) is 18.3 Å². The first-order chi connectivity index (χ1) is 20.2. The van der Waals surface area contributed by atoms with Crippen LogP contribution in [0.1, 0.15) is 27.7 Å². The van der Waals surface area contributed by atoms with Gasteiger partial charge in [0.15, 0.2) is 11.5 Å². The first kappa shape index (κ1) is 34.8. The summed E-state index contributed by atoms with van der Waals surface area (Å²) in [5.41, 5.74) is 1.97. The zero-order valence-corrected chi connectivity index (χ0v) is 24.8. The van der Waals surface area contributed by atoms with Crippen molar-refractivity contribution in [3.63, 3.8) is 0 Å². The molecular formula is C26H37F4N9O4. The Kier molecular flexibility index (Phi) is 12.3. The average molecular weight is 616 g/mol. The van der Waals surface area contributed by atoms with Crippen LogP contribution in [0.5, 0.6) is 0 Å². The number of aliphatic carboxylic acids is 1. The Morgan fingerprint density at radius 2 is 1.56 bits per heavy atom. The molecule has 1 aromatic carbocycles. The zero-order chi connectivity index (χ0) is 32.5. The second-order valence-corrected chi connectivity index (χ2v) is 9.37. The van der Waals surface area contributed by atoms with E-state index in [1.54, 1.807) is 22.1 Å². The smallest absolute Gasteiger partial charge is 0.475 e. The molecule has 0 radical (unpaired) electrons. The lowest BCUT2D eigenvalue weighted by atomic mass is 10.2. The number of likely N-dealkylation sites (N-methyl/N-ethyl adjacent to an activating group) is 1. The predicted molar refractivity (Wildman–Crippen MR) is 153 cm³/mol. The highest BCUT2D eigenvalue weighted by Crippen LogP contribution is 2.30. The Morgan fingerprint density at radius 1 is 0.977 bits per heavy atom. The molecule has 2 heterocycles. The number of fused-ring (bicyclic) bond motifs is 1. The lowest BCUT2D eigenvalue weighted by Crippen LogP contribution is -2.46. The van der Waals surface area contributed by atoms with Crippen LogP contribution < -0.4 is 10.2 Å². The van der Waals surface area contributed by atoms with Crippen molar-refractivity contribution in [2.45, 2.75) is 33.9 Å². The normalized spacial score (nSPS) is 11.2. The highest BCUT2D eigenvalue weighted by molar-refractivity contribution is 5.96. The summed E-state index contributed by atoms with van der Waals surface area (Å²) in [5.74, 6) is -2.93. The molecule has 0 spiro atoms. The van der Waals surface area contributed by atoms with E-state index in [1.165, 1.54) is 11.0 Å². The van der Waals surface area contributed by atoms with Crippen LogP contribution in [0.3, 0.4) is 0 Å². The van der Waals surface area contributed by atoms with Crippen molar-refractivity contribution < 1.29 is 37.1 Å². The van der Waals surface area contributed by atoms with Gasteiger partial charge in [-0.05, 0) is 47.9 Å². The minimum Gasteiger partial charge on any atom is -0.475 e. The number of rotatable bonds is 10. The molecule has 43 heavy (non-hydrogen) atoms. The van der Waals surface area contributed by atoms with Gasteiger partial charge in [-0.1, -0.05) is 0 Å². The Morgan fingerprint density at radius 3 is 2.07 bits per heavy atom. The summed E-state index contributed by atoms with van der Waals surface area (Å²) in [7, 11) is 3.81. The molecule has 0 bridgehead atoms. The van der Waals surface area contributed by atoms with Gasteiger partial charge in [0, 0.05) is 51.5 Å². The van der Waals surface area contributed by atoms with Crippen LogP contribution >= 0.6 is 0 Å². The summed E-state index contributed by atoms with van der Waals surface area (Å²) in [6.07, 6.45) is -3.51. The number of carboxylic acids is 1. The molecule has 4 amide bonds. The van der Waals surface area contributed by atoms with E-state index in [4.69, 9.17) is 9.90 Å². The first-order valence-corrected chi connectivity index (χ1v) is 13.5. The van der Waals surface area contributed by atoms with Crippen molar-refractivity contribution in [2.24, 2.45) is 0 Å². The Labute approximate surface area is 245 Å². The van der Waals surface area contributed by atoms with E-state index >= 15 is 4.39 Å². The fraction of sp³-hybridized carbons (Fsp3) is 0.500. The molecule has 0 aliphatic rings. The number of anilines is 2. The highest BCUT2D eigenvalue weighted by Gasteiger charge is 2.38. The number of urea groups is 2. The van der Waals surface area contributed by atoms with Crippen molar-refractivity contribution >= 4 is 40.4 Å². The maximum Gasteiger partial charge on any atom is 0.490 e. The van der Waals surface area contributed by atoms with Crippen LogP contribution in [0.4, 0.5) is 38.5 Å². The largest absolute Gasteiger partial charge is 0.490 e. The monoisotopic (exact) mass is 615 g/mol. The minimum atomic E-state index is -5.08. The van der Waals surface area contributed by atoms with Gasteiger partial charge in [0.2, 0.25) is 0 Å². The zero-order valence-electron chi connectivity index (χ0n) is 24.8. The molecule has 0 aliphatic heterocycles. The summed E-state index contributed by atoms with van der Waals surface area (Å²) >= 11 is 0. The summed E-state index contributed by atoms with van der Waals surface area (Å²) in [6, 6.07) is 2.40. The maximum absolute atomic E-state index is 15.3. The third-order valence-electron chi connectivity index (χ3n) is 6.28. The van der Waals surface area contributed by atoms with Crippen LogP contribution in [-0.2, 0) is 4.79 Å². The summed E-state index contributed by atoms with van der Waals surface area (Å²) in [5, 5.41) is 16.9. The lowest BCUT2D eigenvalue weighted by Gasteiger charge is -2.30. The molecule has 13 nitrogen and oxygen atoms in total. The van der Waals surface area contributed by atoms with Gasteiger partial charge < -0.3 is 30.1 Å². The van der Waals surface area contributed by atoms with Gasteiger partial charge in [0.1, 0.15) is 5.82 Å². The summed E-state index contributed by atoms with van der Waals surface area (Å²) in [6.45, 7) is 10.7. The SMILES string of the molecule is CCN(CC)C(=O)Nc1c[nH]nc1-c1nc2cc(F)c(N(CCN(C)C)C(=O)N(CC)CC)cc2[nH]1.O=C(O)C(F)(F)F. The Hall–Kier alpha value is -4.41. The lowest BCUT2D eigenvalue weighted by molar-refractivity contribution is -0.192. The molecule has 0 fully saturated rings. The molecule has 17 heteroatoms. The van der Waals surface area contributed by atoms with E-state index in [0.717, 1.165) is 0 Å². The van der Waals surface area contributed by atoms with Gasteiger partial charge in [-0.2, -0.15) is 18.3 Å². The number of carbonyl (C=O) groups excluding carboxylic acids is 2. The molecule has 4 N–H and O–H groups in total. The molecule has 0 atom stereocenters. The maximum atomic E-state index is 15.3. The van der Waals surface area contributed by atoms with Crippen molar-refractivity contribution in [1.29, 1.82) is 0 Å². The number of halogens is 4. The van der Waals surface area contributed by atoms with Gasteiger partial charge in [-0.25, -0.2) is 23.8 Å². The number of carboxylic acid groups (broad SMARTS) is 1. The number of nitrogens with one attached hydrogen (secondary N) is 3. The van der Waals surface area contributed by atoms with Crippen LogP contribution in [0.2, 0.25) is 0 Å². The number of aromatic amines is 2. The van der Waals surface area contributed by atoms with Gasteiger partial charge in [0.25, 0.3) is 0 Å². The van der Waals surface area contributed by atoms with Crippen molar-refractivity contribution in [2.75, 3.05) is 63.6 Å². The van der Waals surface area contributed by atoms with E-state index < -0.39 is 18.0 Å². The molecule has 0 saturated heterocycles. The minimum absolute atomic E-state index is 0.175. The molecule has 2 aromatic heterocycles. The third kappa shape index (κ3) is 9.04. The quantitative estimate of drug-likeness (QED) is 0.246. The second kappa shape index (κ2) is 15.2. The molecule has 3 aromatic rings. The number of carbonyl (C=O) groups is 3. The highest BCUT2D eigenvalue weighted by atomic mass is 19.4. The first-order valence-electron chi connectivity index (χ1n) is 13.5. The number of imidazole rings is 1. The van der Waals surface area contributed by atoms with Crippen molar-refractivity contribution in [3.05, 3.63) is 24.1 Å². The third-order valence-corrected chi connectivity index (χ3v) is 6.28. The van der Waals surface area contributed by atoms with E-state index in [0.29, 0.717) is 67.5 Å². The molecule has 0 aliphatic carbocycles. The van der Waals surface area contributed by atoms with E-state index in [9.17, 15) is 22.8 Å². The number of amides is 4. The second-order valence-electron chi connectivity index (χ2n) is 9.37. The summed E-state index contributed by atoms with van der Waals surface area (Å²) in [4.78, 5) is 49.0. The number of H-pyrrole nitrogens is 2. The molecule has 0 saturated carbocycles. The van der Waals surface area contributed by atoms with Crippen LogP contribution in [-0.4, -0.2) is 118 Å². The van der Waals surface area contributed by atoms with Crippen molar-refractivity contribution in [1.82, 2.24) is 34.9 Å². The van der Waals surface area contributed by atoms with Crippen molar-refractivity contribution in [3.8, 4) is 11.5 Å². The molecular weight excluding hydrogens is 578 g/mol. The van der Waals surface area contributed by atoms with Crippen LogP contribution in [0, 0.1) is 5.82 Å². The fourth-order valence-corrected chi connectivity index (χ4v) is 3.89. The van der Waals surface area contributed by atoms with Gasteiger partial charge >= 0.3 is 24.2 Å². The van der Waals surface area contributed by atoms with Gasteiger partial charge in [0.05, 0.1) is 22.4 Å². The summed E-state index contributed by atoms with van der Waals surface area (Å²) < 4.78 is 47.1. The number of benzene rings is 1. The predicted octanol–water partition coefficient (Wildman–Crippen LogP) is 4.43. The van der Waals surface area contributed by atoms with Gasteiger partial charge in [-0.15, -0.1) is 0 Å². The Bertz CT molecular complexity index is 1380. The Balaban J connectivity index is 0.000000821. The van der Waals surface area contributed by atoms with Gasteiger partial charge in [-0.3, -0.25) is 10.00 Å². The van der Waals surface area contributed by atoms with E-state index in [-0.39, 0.29) is 17.7 Å².